The van der Waals surface area contributed by atoms with Crippen LogP contribution in [-0.4, -0.2) is 70.5 Å². The van der Waals surface area contributed by atoms with Crippen LogP contribution in [0.4, 0.5) is 23.7 Å². The Morgan fingerprint density at radius 3 is 2.55 bits per heavy atom. The van der Waals surface area contributed by atoms with Crippen LogP contribution in [0.5, 0.6) is 5.75 Å². The fourth-order valence-corrected chi connectivity index (χ4v) is 5.33. The molecule has 0 aliphatic carbocycles. The van der Waals surface area contributed by atoms with Crippen molar-refractivity contribution in [1.82, 2.24) is 19.4 Å². The summed E-state index contributed by atoms with van der Waals surface area (Å²) in [6.07, 6.45) is 4.85. The zero-order valence-corrected chi connectivity index (χ0v) is 27.0. The molecule has 1 atom stereocenters. The summed E-state index contributed by atoms with van der Waals surface area (Å²) in [5.74, 6) is -2.87. The van der Waals surface area contributed by atoms with Crippen LogP contribution >= 0.6 is 0 Å². The number of aromatic nitrogens is 2. The smallest absolute Gasteiger partial charge is 0.410 e. The number of hydrogen-bond donors (Lipinski definition) is 2. The van der Waals surface area contributed by atoms with E-state index in [0.717, 1.165) is 31.0 Å². The van der Waals surface area contributed by atoms with Crippen molar-refractivity contribution < 1.29 is 37.0 Å². The van der Waals surface area contributed by atoms with Crippen molar-refractivity contribution in [3.8, 4) is 5.75 Å². The zero-order chi connectivity index (χ0) is 35.1. The number of allylic oxidation sites excluding steroid dienone is 1. The van der Waals surface area contributed by atoms with Gasteiger partial charge in [0, 0.05) is 62.2 Å². The molecule has 0 bridgehead atoms. The van der Waals surface area contributed by atoms with Crippen molar-refractivity contribution in [3.05, 3.63) is 106 Å². The molecule has 258 valence electrons. The lowest BCUT2D eigenvalue weighted by Crippen LogP contribution is -2.37. The number of halogens is 3. The summed E-state index contributed by atoms with van der Waals surface area (Å²) in [6.45, 7) is 1.13. The predicted octanol–water partition coefficient (Wildman–Crippen LogP) is 5.34. The number of likely N-dealkylation sites (tertiary alicyclic amines) is 1. The molecule has 2 aromatic heterocycles. The van der Waals surface area contributed by atoms with Crippen molar-refractivity contribution in [2.75, 3.05) is 32.5 Å². The molecule has 11 nitrogen and oxygen atoms in total. The van der Waals surface area contributed by atoms with Crippen molar-refractivity contribution in [2.45, 2.75) is 44.9 Å². The number of H-pyrrole nitrogens is 1. The van der Waals surface area contributed by atoms with Gasteiger partial charge in [0.05, 0.1) is 12.1 Å². The first-order valence-electron chi connectivity index (χ1n) is 15.7. The second-order valence-corrected chi connectivity index (χ2v) is 11.8. The minimum absolute atomic E-state index is 0.000240. The van der Waals surface area contributed by atoms with E-state index < -0.39 is 41.1 Å². The van der Waals surface area contributed by atoms with Crippen molar-refractivity contribution in [1.29, 1.82) is 0 Å². The molecule has 1 saturated heterocycles. The number of anilines is 1. The Morgan fingerprint density at radius 2 is 1.82 bits per heavy atom. The van der Waals surface area contributed by atoms with Gasteiger partial charge in [-0.3, -0.25) is 14.4 Å². The van der Waals surface area contributed by atoms with E-state index in [2.05, 4.69) is 10.3 Å². The molecular formula is C35H36F3N5O6. The molecule has 5 rings (SSSR count). The Labute approximate surface area is 279 Å². The van der Waals surface area contributed by atoms with E-state index in [0.29, 0.717) is 29.7 Å². The molecule has 14 heteroatoms. The molecule has 0 spiro atoms. The summed E-state index contributed by atoms with van der Waals surface area (Å²) in [5, 5.41) is 2.99. The Balaban J connectivity index is 1.28. The van der Waals surface area contributed by atoms with Crippen molar-refractivity contribution in [3.63, 3.8) is 0 Å². The lowest BCUT2D eigenvalue weighted by Gasteiger charge is -2.19. The SMILES string of the molecule is CN(C)C(=O)O[C@@H](CC/C=C/C(=O)N1CCCC1)C(=O)Nc1cccn(Cc2cc3cc(F)cc(OCc4ccc(F)cc4F)c3[nH]2)c1=O. The molecule has 1 fully saturated rings. The van der Waals surface area contributed by atoms with Crippen LogP contribution in [0.25, 0.3) is 10.9 Å². The molecule has 1 aliphatic heterocycles. The minimum Gasteiger partial charge on any atom is -0.486 e. The van der Waals surface area contributed by atoms with E-state index in [9.17, 15) is 32.3 Å². The molecule has 3 amide bonds. The van der Waals surface area contributed by atoms with E-state index in [1.807, 2.05) is 0 Å². The first-order chi connectivity index (χ1) is 23.5. The Bertz CT molecular complexity index is 1930. The molecule has 4 aromatic rings. The van der Waals surface area contributed by atoms with E-state index in [-0.39, 0.29) is 48.9 Å². The van der Waals surface area contributed by atoms with Gasteiger partial charge in [-0.2, -0.15) is 0 Å². The maximum absolute atomic E-state index is 14.4. The van der Waals surface area contributed by atoms with E-state index in [1.165, 1.54) is 54.0 Å². The highest BCUT2D eigenvalue weighted by Crippen LogP contribution is 2.29. The second-order valence-electron chi connectivity index (χ2n) is 11.8. The van der Waals surface area contributed by atoms with Gasteiger partial charge in [0.25, 0.3) is 11.5 Å². The quantitative estimate of drug-likeness (QED) is 0.195. The number of fused-ring (bicyclic) bond motifs is 1. The van der Waals surface area contributed by atoms with Gasteiger partial charge >= 0.3 is 6.09 Å². The summed E-state index contributed by atoms with van der Waals surface area (Å²) in [5.41, 5.74) is 0.359. The van der Waals surface area contributed by atoms with Gasteiger partial charge in [-0.15, -0.1) is 0 Å². The molecular weight excluding hydrogens is 643 g/mol. The molecule has 0 radical (unpaired) electrons. The topological polar surface area (TPSA) is 126 Å². The summed E-state index contributed by atoms with van der Waals surface area (Å²) in [4.78, 5) is 57.3. The molecule has 0 unspecified atom stereocenters. The van der Waals surface area contributed by atoms with Crippen molar-refractivity contribution >= 4 is 34.5 Å². The molecule has 0 saturated carbocycles. The van der Waals surface area contributed by atoms with Crippen LogP contribution in [0.3, 0.4) is 0 Å². The average molecular weight is 680 g/mol. The van der Waals surface area contributed by atoms with Gasteiger partial charge in [-0.05, 0) is 68.2 Å². The third-order valence-corrected chi connectivity index (χ3v) is 7.90. The second kappa shape index (κ2) is 15.6. The third kappa shape index (κ3) is 8.89. The van der Waals surface area contributed by atoms with Gasteiger partial charge in [-0.25, -0.2) is 18.0 Å². The lowest BCUT2D eigenvalue weighted by molar-refractivity contribution is -0.125. The van der Waals surface area contributed by atoms with Crippen LogP contribution < -0.4 is 15.6 Å². The fourth-order valence-electron chi connectivity index (χ4n) is 5.33. The Hall–Kier alpha value is -5.53. The van der Waals surface area contributed by atoms with E-state index >= 15 is 0 Å². The number of benzene rings is 2. The first-order valence-corrected chi connectivity index (χ1v) is 15.7. The Morgan fingerprint density at radius 1 is 1.04 bits per heavy atom. The summed E-state index contributed by atoms with van der Waals surface area (Å²) >= 11 is 0. The van der Waals surface area contributed by atoms with Gasteiger partial charge < -0.3 is 34.1 Å². The van der Waals surface area contributed by atoms with Crippen LogP contribution in [0.15, 0.2) is 71.7 Å². The molecule has 2 N–H and O–H groups in total. The monoisotopic (exact) mass is 679 g/mol. The molecule has 3 heterocycles. The number of carbonyl (C=O) groups is 3. The molecule has 49 heavy (non-hydrogen) atoms. The summed E-state index contributed by atoms with van der Waals surface area (Å²) in [6, 6.07) is 10.1. The zero-order valence-electron chi connectivity index (χ0n) is 27.0. The highest BCUT2D eigenvalue weighted by atomic mass is 19.1. The number of amides is 3. The van der Waals surface area contributed by atoms with Gasteiger partial charge in [-0.1, -0.05) is 6.08 Å². The number of ether oxygens (including phenoxy) is 2. The lowest BCUT2D eigenvalue weighted by atomic mass is 10.1. The average Bonchev–Trinajstić information content (AvgIpc) is 3.74. The van der Waals surface area contributed by atoms with Crippen LogP contribution in [0, 0.1) is 17.5 Å². The Kier molecular flexibility index (Phi) is 11.1. The van der Waals surface area contributed by atoms with Crippen LogP contribution in [-0.2, 0) is 27.5 Å². The van der Waals surface area contributed by atoms with Crippen LogP contribution in [0.2, 0.25) is 0 Å². The summed E-state index contributed by atoms with van der Waals surface area (Å²) in [7, 11) is 2.95. The molecule has 2 aromatic carbocycles. The number of aromatic amines is 1. The number of pyridine rings is 1. The molecule has 1 aliphatic rings. The fraction of sp³-hybridized carbons (Fsp3) is 0.314. The van der Waals surface area contributed by atoms with Gasteiger partial charge in [0.2, 0.25) is 5.91 Å². The largest absolute Gasteiger partial charge is 0.486 e. The standard InChI is InChI=1S/C35H36F3N5O6/c1-41(2)35(47)49-29(9-3-4-10-31(44)42-13-5-6-14-42)33(45)40-28-8-7-15-43(34(28)46)20-26-17-23-16-25(37)19-30(32(23)39-26)48-21-22-11-12-24(36)18-27(22)38/h4,7-8,10-12,15-19,29,39H,3,5-6,9,13-14,20-21H2,1-2H3,(H,40,45)/b10-4+/t29-/m0/s1. The first kappa shape index (κ1) is 34.8. The number of hydrogen-bond acceptors (Lipinski definition) is 6. The summed E-state index contributed by atoms with van der Waals surface area (Å²) < 4.78 is 54.2. The predicted molar refractivity (Wildman–Crippen MR) is 176 cm³/mol. The van der Waals surface area contributed by atoms with Gasteiger partial charge in [0.15, 0.2) is 6.10 Å². The number of nitrogens with one attached hydrogen (secondary N) is 2. The number of rotatable bonds is 12. The van der Waals surface area contributed by atoms with Crippen molar-refractivity contribution in [2.24, 2.45) is 0 Å². The van der Waals surface area contributed by atoms with E-state index in [4.69, 9.17) is 9.47 Å². The maximum Gasteiger partial charge on any atom is 0.410 e. The highest BCUT2D eigenvalue weighted by molar-refractivity contribution is 5.95. The van der Waals surface area contributed by atoms with Crippen LogP contribution in [0.1, 0.15) is 36.9 Å². The number of carbonyl (C=O) groups excluding carboxylic acids is 3. The maximum atomic E-state index is 14.4. The third-order valence-electron chi connectivity index (χ3n) is 7.90. The minimum atomic E-state index is -1.25. The number of nitrogens with zero attached hydrogens (tertiary/aromatic N) is 3. The van der Waals surface area contributed by atoms with E-state index in [1.54, 1.807) is 23.1 Å². The van der Waals surface area contributed by atoms with Gasteiger partial charge in [0.1, 0.15) is 35.5 Å². The highest BCUT2D eigenvalue weighted by Gasteiger charge is 2.25. The normalized spacial score (nSPS) is 13.5.